The van der Waals surface area contributed by atoms with E-state index in [0.29, 0.717) is 0 Å². The van der Waals surface area contributed by atoms with Gasteiger partial charge in [-0.15, -0.1) is 0 Å². The average molecular weight is 505 g/mol. The molecule has 7 nitrogen and oxygen atoms in total. The SMILES string of the molecule is CCCCCCCCCCCCCCCCCCCCCC(=O)OC[C@H](O)[C@H](O)[C@@H](O)[C@@H](O)CO. The van der Waals surface area contributed by atoms with Gasteiger partial charge in [-0.2, -0.15) is 0 Å². The molecule has 210 valence electrons. The van der Waals surface area contributed by atoms with Gasteiger partial charge in [0, 0.05) is 6.42 Å². The van der Waals surface area contributed by atoms with E-state index >= 15 is 0 Å². The third-order valence-electron chi connectivity index (χ3n) is 6.72. The molecule has 0 aromatic rings. The highest BCUT2D eigenvalue weighted by atomic mass is 16.5. The van der Waals surface area contributed by atoms with Crippen LogP contribution in [0.2, 0.25) is 0 Å². The maximum Gasteiger partial charge on any atom is 0.305 e. The summed E-state index contributed by atoms with van der Waals surface area (Å²) < 4.78 is 4.92. The molecule has 0 spiro atoms. The van der Waals surface area contributed by atoms with Gasteiger partial charge in [-0.3, -0.25) is 4.79 Å². The van der Waals surface area contributed by atoms with Crippen LogP contribution in [0.4, 0.5) is 0 Å². The Bertz CT molecular complexity index is 461. The first kappa shape index (κ1) is 34.3. The Hall–Kier alpha value is -0.730. The summed E-state index contributed by atoms with van der Waals surface area (Å²) in [5, 5.41) is 47.0. The van der Waals surface area contributed by atoms with Gasteiger partial charge in [0.15, 0.2) is 0 Å². The zero-order valence-corrected chi connectivity index (χ0v) is 22.4. The second kappa shape index (κ2) is 24.9. The first-order chi connectivity index (χ1) is 16.9. The van der Waals surface area contributed by atoms with Crippen LogP contribution in [-0.4, -0.2) is 69.1 Å². The van der Waals surface area contributed by atoms with Crippen LogP contribution in [0.3, 0.4) is 0 Å². The van der Waals surface area contributed by atoms with Gasteiger partial charge in [-0.05, 0) is 6.42 Å². The van der Waals surface area contributed by atoms with E-state index in [0.717, 1.165) is 19.3 Å². The Kier molecular flexibility index (Phi) is 24.4. The van der Waals surface area contributed by atoms with Crippen LogP contribution in [0, 0.1) is 0 Å². The lowest BCUT2D eigenvalue weighted by Gasteiger charge is -2.25. The van der Waals surface area contributed by atoms with Crippen molar-refractivity contribution in [3.05, 3.63) is 0 Å². The maximum atomic E-state index is 11.7. The summed E-state index contributed by atoms with van der Waals surface area (Å²) in [4.78, 5) is 11.7. The molecule has 0 unspecified atom stereocenters. The predicted molar refractivity (Wildman–Crippen MR) is 140 cm³/mol. The molecule has 0 heterocycles. The highest BCUT2D eigenvalue weighted by Gasteiger charge is 2.30. The monoisotopic (exact) mass is 504 g/mol. The molecule has 0 amide bonds. The summed E-state index contributed by atoms with van der Waals surface area (Å²) in [5.74, 6) is -0.458. The standard InChI is InChI=1S/C28H56O7/c1-2-3-4-5-6-7-8-9-10-11-12-13-14-15-16-17-18-19-20-21-26(32)35-23-25(31)28(34)27(33)24(30)22-29/h24-25,27-31,33-34H,2-23H2,1H3/t24-,25-,27-,28-/m0/s1. The van der Waals surface area contributed by atoms with Crippen molar-refractivity contribution >= 4 is 5.97 Å². The number of hydrogen-bond donors (Lipinski definition) is 5. The van der Waals surface area contributed by atoms with Gasteiger partial charge in [-0.25, -0.2) is 0 Å². The fourth-order valence-corrected chi connectivity index (χ4v) is 4.26. The molecule has 0 saturated carbocycles. The van der Waals surface area contributed by atoms with E-state index < -0.39 is 43.6 Å². The second-order valence-electron chi connectivity index (χ2n) is 10.1. The van der Waals surface area contributed by atoms with Crippen molar-refractivity contribution in [3.63, 3.8) is 0 Å². The Labute approximate surface area is 214 Å². The maximum absolute atomic E-state index is 11.7. The summed E-state index contributed by atoms with van der Waals surface area (Å²) in [7, 11) is 0. The Balaban J connectivity index is 3.38. The van der Waals surface area contributed by atoms with Crippen LogP contribution >= 0.6 is 0 Å². The molecule has 0 aromatic heterocycles. The first-order valence-electron chi connectivity index (χ1n) is 14.4. The van der Waals surface area contributed by atoms with E-state index in [4.69, 9.17) is 9.84 Å². The molecule has 7 heteroatoms. The van der Waals surface area contributed by atoms with Gasteiger partial charge >= 0.3 is 5.97 Å². The second-order valence-corrected chi connectivity index (χ2v) is 10.1. The van der Waals surface area contributed by atoms with Gasteiger partial charge < -0.3 is 30.3 Å². The van der Waals surface area contributed by atoms with E-state index in [1.54, 1.807) is 0 Å². The van der Waals surface area contributed by atoms with Gasteiger partial charge in [0.2, 0.25) is 0 Å². The molecule has 0 saturated heterocycles. The largest absolute Gasteiger partial charge is 0.463 e. The van der Waals surface area contributed by atoms with Crippen molar-refractivity contribution in [1.29, 1.82) is 0 Å². The number of carbonyl (C=O) groups excluding carboxylic acids is 1. The lowest BCUT2D eigenvalue weighted by Crippen LogP contribution is -2.47. The number of aliphatic hydroxyl groups excluding tert-OH is 5. The van der Waals surface area contributed by atoms with E-state index in [1.807, 2.05) is 0 Å². The highest BCUT2D eigenvalue weighted by molar-refractivity contribution is 5.69. The van der Waals surface area contributed by atoms with E-state index in [2.05, 4.69) is 6.92 Å². The fourth-order valence-electron chi connectivity index (χ4n) is 4.26. The smallest absolute Gasteiger partial charge is 0.305 e. The Morgan fingerprint density at radius 1 is 0.571 bits per heavy atom. The molecule has 0 aliphatic heterocycles. The molecule has 4 atom stereocenters. The third-order valence-corrected chi connectivity index (χ3v) is 6.72. The van der Waals surface area contributed by atoms with E-state index in [1.165, 1.54) is 103 Å². The molecule has 0 aromatic carbocycles. The summed E-state index contributed by atoms with van der Waals surface area (Å²) in [6.45, 7) is 1.06. The predicted octanol–water partition coefficient (Wildman–Crippen LogP) is 4.79. The van der Waals surface area contributed by atoms with Crippen LogP contribution < -0.4 is 0 Å². The van der Waals surface area contributed by atoms with Crippen LogP contribution in [0.1, 0.15) is 135 Å². The zero-order chi connectivity index (χ0) is 26.2. The zero-order valence-electron chi connectivity index (χ0n) is 22.4. The minimum atomic E-state index is -1.71. The van der Waals surface area contributed by atoms with Crippen LogP contribution in [0.25, 0.3) is 0 Å². The Morgan fingerprint density at radius 3 is 1.29 bits per heavy atom. The fraction of sp³-hybridized carbons (Fsp3) is 0.964. The van der Waals surface area contributed by atoms with Crippen LogP contribution in [-0.2, 0) is 9.53 Å². The van der Waals surface area contributed by atoms with Crippen molar-refractivity contribution in [2.24, 2.45) is 0 Å². The van der Waals surface area contributed by atoms with Crippen LogP contribution in [0.5, 0.6) is 0 Å². The van der Waals surface area contributed by atoms with E-state index in [9.17, 15) is 25.2 Å². The average Bonchev–Trinajstić information content (AvgIpc) is 2.87. The number of aliphatic hydroxyl groups is 5. The lowest BCUT2D eigenvalue weighted by atomic mass is 10.0. The normalized spacial score (nSPS) is 15.0. The molecule has 0 radical (unpaired) electrons. The number of unbranched alkanes of at least 4 members (excludes halogenated alkanes) is 18. The van der Waals surface area contributed by atoms with Crippen molar-refractivity contribution < 1.29 is 35.1 Å². The number of hydrogen-bond acceptors (Lipinski definition) is 7. The van der Waals surface area contributed by atoms with Gasteiger partial charge in [-0.1, -0.05) is 122 Å². The molecule has 0 aliphatic rings. The number of carbonyl (C=O) groups is 1. The topological polar surface area (TPSA) is 127 Å². The molecule has 0 bridgehead atoms. The first-order valence-corrected chi connectivity index (χ1v) is 14.4. The number of ether oxygens (including phenoxy) is 1. The number of rotatable bonds is 26. The van der Waals surface area contributed by atoms with Gasteiger partial charge in [0.05, 0.1) is 6.61 Å². The molecule has 0 rings (SSSR count). The van der Waals surface area contributed by atoms with Crippen molar-refractivity contribution in [1.82, 2.24) is 0 Å². The third kappa shape index (κ3) is 21.1. The summed E-state index contributed by atoms with van der Waals surface area (Å²) in [6, 6.07) is 0. The quantitative estimate of drug-likeness (QED) is 0.0846. The number of esters is 1. The Morgan fingerprint density at radius 2 is 0.914 bits per heavy atom. The molecule has 0 fully saturated rings. The molecule has 35 heavy (non-hydrogen) atoms. The van der Waals surface area contributed by atoms with Gasteiger partial charge in [0.1, 0.15) is 31.0 Å². The summed E-state index contributed by atoms with van der Waals surface area (Å²) >= 11 is 0. The molecular formula is C28H56O7. The lowest BCUT2D eigenvalue weighted by molar-refractivity contribution is -0.156. The minimum Gasteiger partial charge on any atom is -0.463 e. The van der Waals surface area contributed by atoms with Crippen molar-refractivity contribution in [2.45, 2.75) is 160 Å². The van der Waals surface area contributed by atoms with Crippen LogP contribution in [0.15, 0.2) is 0 Å². The van der Waals surface area contributed by atoms with Crippen molar-refractivity contribution in [3.8, 4) is 0 Å². The molecule has 0 aliphatic carbocycles. The van der Waals surface area contributed by atoms with Crippen molar-refractivity contribution in [2.75, 3.05) is 13.2 Å². The minimum absolute atomic E-state index is 0.253. The molecule has 5 N–H and O–H groups in total. The summed E-state index contributed by atoms with van der Waals surface area (Å²) in [5.41, 5.74) is 0. The highest BCUT2D eigenvalue weighted by Crippen LogP contribution is 2.15. The van der Waals surface area contributed by atoms with E-state index in [-0.39, 0.29) is 6.42 Å². The summed E-state index contributed by atoms with van der Waals surface area (Å²) in [6.07, 6.45) is 18.3. The molecular weight excluding hydrogens is 448 g/mol. The van der Waals surface area contributed by atoms with Gasteiger partial charge in [0.25, 0.3) is 0 Å².